The van der Waals surface area contributed by atoms with E-state index < -0.39 is 0 Å². The Bertz CT molecular complexity index is 153. The summed E-state index contributed by atoms with van der Waals surface area (Å²) >= 11 is 0. The maximum Gasteiger partial charge on any atom is -0.0210 e. The van der Waals surface area contributed by atoms with Crippen molar-refractivity contribution in [2.45, 2.75) is 60.3 Å². The molecule has 0 atom stereocenters. The molecule has 1 aliphatic carbocycles. The third kappa shape index (κ3) is 1.53. The Morgan fingerprint density at radius 3 is 2.17 bits per heavy atom. The Hall–Kier alpha value is 0. The molecule has 0 spiro atoms. The minimum Gasteiger partial charge on any atom is -0.0594 e. The molecule has 1 fully saturated rings. The zero-order valence-corrected chi connectivity index (χ0v) is 9.33. The van der Waals surface area contributed by atoms with Crippen LogP contribution in [0, 0.1) is 16.7 Å². The van der Waals surface area contributed by atoms with E-state index in [1.165, 1.54) is 25.7 Å². The van der Waals surface area contributed by atoms with Gasteiger partial charge in [-0.1, -0.05) is 47.5 Å². The quantitative estimate of drug-likeness (QED) is 0.474. The third-order valence-electron chi connectivity index (χ3n) is 4.36. The Morgan fingerprint density at radius 2 is 1.58 bits per heavy atom. The first-order valence-corrected chi connectivity index (χ1v) is 5.21. The normalized spacial score (nSPS) is 29.8. The Kier molecular flexibility index (Phi) is 2.56. The zero-order chi connectivity index (χ0) is 9.41. The Balaban J connectivity index is 2.86. The van der Waals surface area contributed by atoms with Gasteiger partial charge in [0.1, 0.15) is 0 Å². The van der Waals surface area contributed by atoms with Gasteiger partial charge in [0.2, 0.25) is 0 Å². The molecule has 0 aromatic carbocycles. The molecule has 1 aliphatic rings. The summed E-state index contributed by atoms with van der Waals surface area (Å²) in [5.41, 5.74) is 0.928. The van der Waals surface area contributed by atoms with Crippen molar-refractivity contribution in [2.75, 3.05) is 0 Å². The minimum absolute atomic E-state index is 0.434. The summed E-state index contributed by atoms with van der Waals surface area (Å²) in [7, 11) is 0. The van der Waals surface area contributed by atoms with E-state index in [1.807, 2.05) is 0 Å². The molecule has 0 N–H and O–H groups in total. The first-order valence-electron chi connectivity index (χ1n) is 5.21. The lowest BCUT2D eigenvalue weighted by Crippen LogP contribution is -2.35. The van der Waals surface area contributed by atoms with E-state index in [0.717, 1.165) is 0 Å². The molecule has 0 saturated heterocycles. The molecule has 0 heterocycles. The van der Waals surface area contributed by atoms with E-state index in [1.54, 1.807) is 5.92 Å². The maximum atomic E-state index is 2.42. The van der Waals surface area contributed by atoms with Crippen LogP contribution in [0.1, 0.15) is 60.3 Å². The lowest BCUT2D eigenvalue weighted by molar-refractivity contribution is 0.121. The molecule has 0 aromatic heterocycles. The molecule has 71 valence electrons. The van der Waals surface area contributed by atoms with E-state index >= 15 is 0 Å². The highest BCUT2D eigenvalue weighted by Gasteiger charge is 2.41. The Morgan fingerprint density at radius 1 is 1.00 bits per heavy atom. The van der Waals surface area contributed by atoms with Crippen molar-refractivity contribution in [2.24, 2.45) is 10.8 Å². The minimum atomic E-state index is 0.434. The number of hydrogen-bond acceptors (Lipinski definition) is 0. The molecular formula is C12H23. The van der Waals surface area contributed by atoms with Gasteiger partial charge in [0.15, 0.2) is 0 Å². The van der Waals surface area contributed by atoms with E-state index in [9.17, 15) is 0 Å². The molecule has 1 radical (unpaired) electrons. The van der Waals surface area contributed by atoms with Gasteiger partial charge in [-0.2, -0.15) is 0 Å². The van der Waals surface area contributed by atoms with Crippen molar-refractivity contribution < 1.29 is 0 Å². The predicted molar refractivity (Wildman–Crippen MR) is 54.9 cm³/mol. The second-order valence-electron chi connectivity index (χ2n) is 5.50. The van der Waals surface area contributed by atoms with Crippen molar-refractivity contribution in [3.63, 3.8) is 0 Å². The number of hydrogen-bond donors (Lipinski definition) is 0. The molecule has 0 heteroatoms. The fraction of sp³-hybridized carbons (Fsp3) is 0.917. The van der Waals surface area contributed by atoms with E-state index in [4.69, 9.17) is 0 Å². The SMILES string of the molecule is C[C]1CCCCC(C)(C)C1(C)C. The molecule has 12 heavy (non-hydrogen) atoms. The first kappa shape index (κ1) is 10.1. The van der Waals surface area contributed by atoms with Crippen LogP contribution in [-0.4, -0.2) is 0 Å². The second kappa shape index (κ2) is 3.05. The van der Waals surface area contributed by atoms with Crippen LogP contribution in [0.3, 0.4) is 0 Å². The van der Waals surface area contributed by atoms with Crippen molar-refractivity contribution in [3.8, 4) is 0 Å². The van der Waals surface area contributed by atoms with Crippen LogP contribution in [0.15, 0.2) is 0 Å². The zero-order valence-electron chi connectivity index (χ0n) is 9.33. The molecule has 0 unspecified atom stereocenters. The van der Waals surface area contributed by atoms with Gasteiger partial charge in [-0.3, -0.25) is 0 Å². The average molecular weight is 167 g/mol. The van der Waals surface area contributed by atoms with Crippen LogP contribution >= 0.6 is 0 Å². The van der Waals surface area contributed by atoms with Gasteiger partial charge in [-0.15, -0.1) is 0 Å². The van der Waals surface area contributed by atoms with Gasteiger partial charge in [0.05, 0.1) is 0 Å². The average Bonchev–Trinajstić information content (AvgIpc) is 2.02. The van der Waals surface area contributed by atoms with Gasteiger partial charge in [-0.25, -0.2) is 0 Å². The van der Waals surface area contributed by atoms with Crippen molar-refractivity contribution in [1.82, 2.24) is 0 Å². The standard InChI is InChI=1S/C12H23/c1-10-8-6-7-9-11(2,3)12(10,4)5/h6-9H2,1-5H3. The first-order chi connectivity index (χ1) is 5.38. The molecule has 1 rings (SSSR count). The summed E-state index contributed by atoms with van der Waals surface area (Å²) in [6, 6.07) is 0. The van der Waals surface area contributed by atoms with E-state index in [2.05, 4.69) is 34.6 Å². The van der Waals surface area contributed by atoms with Gasteiger partial charge in [0, 0.05) is 0 Å². The molecular weight excluding hydrogens is 144 g/mol. The van der Waals surface area contributed by atoms with Gasteiger partial charge in [0.25, 0.3) is 0 Å². The molecule has 0 aromatic rings. The molecule has 0 aliphatic heterocycles. The van der Waals surface area contributed by atoms with Crippen LogP contribution < -0.4 is 0 Å². The van der Waals surface area contributed by atoms with Gasteiger partial charge >= 0.3 is 0 Å². The maximum absolute atomic E-state index is 2.42. The summed E-state index contributed by atoms with van der Waals surface area (Å²) in [4.78, 5) is 0. The van der Waals surface area contributed by atoms with Crippen molar-refractivity contribution in [3.05, 3.63) is 5.92 Å². The summed E-state index contributed by atoms with van der Waals surface area (Å²) in [6.45, 7) is 12.0. The summed E-state index contributed by atoms with van der Waals surface area (Å²) in [5.74, 6) is 1.70. The van der Waals surface area contributed by atoms with Crippen molar-refractivity contribution in [1.29, 1.82) is 0 Å². The van der Waals surface area contributed by atoms with Crippen LogP contribution in [-0.2, 0) is 0 Å². The lowest BCUT2D eigenvalue weighted by atomic mass is 9.61. The smallest absolute Gasteiger partial charge is 0.0210 e. The molecule has 0 nitrogen and oxygen atoms in total. The highest BCUT2D eigenvalue weighted by Crippen LogP contribution is 2.52. The van der Waals surface area contributed by atoms with Crippen LogP contribution in [0.25, 0.3) is 0 Å². The third-order valence-corrected chi connectivity index (χ3v) is 4.36. The number of rotatable bonds is 0. The highest BCUT2D eigenvalue weighted by atomic mass is 14.5. The highest BCUT2D eigenvalue weighted by molar-refractivity contribution is 5.07. The van der Waals surface area contributed by atoms with Crippen LogP contribution in [0.4, 0.5) is 0 Å². The fourth-order valence-electron chi connectivity index (χ4n) is 2.16. The fourth-order valence-corrected chi connectivity index (χ4v) is 2.16. The van der Waals surface area contributed by atoms with E-state index in [-0.39, 0.29) is 0 Å². The monoisotopic (exact) mass is 167 g/mol. The predicted octanol–water partition coefficient (Wildman–Crippen LogP) is 4.21. The Labute approximate surface area is 77.7 Å². The van der Waals surface area contributed by atoms with Gasteiger partial charge in [-0.05, 0) is 29.6 Å². The summed E-state index contributed by atoms with van der Waals surface area (Å²) in [6.07, 6.45) is 5.54. The second-order valence-corrected chi connectivity index (χ2v) is 5.50. The summed E-state index contributed by atoms with van der Waals surface area (Å²) in [5, 5.41) is 0. The largest absolute Gasteiger partial charge is 0.0594 e. The van der Waals surface area contributed by atoms with Crippen LogP contribution in [0.2, 0.25) is 0 Å². The summed E-state index contributed by atoms with van der Waals surface area (Å²) < 4.78 is 0. The molecule has 0 bridgehead atoms. The van der Waals surface area contributed by atoms with Crippen LogP contribution in [0.5, 0.6) is 0 Å². The topological polar surface area (TPSA) is 0 Å². The molecule has 1 saturated carbocycles. The van der Waals surface area contributed by atoms with Gasteiger partial charge < -0.3 is 0 Å². The van der Waals surface area contributed by atoms with Crippen molar-refractivity contribution >= 4 is 0 Å². The lowest BCUT2D eigenvalue weighted by Gasteiger charge is -2.44. The molecule has 0 amide bonds. The van der Waals surface area contributed by atoms with E-state index in [0.29, 0.717) is 10.8 Å².